The van der Waals surface area contributed by atoms with E-state index < -0.39 is 16.9 Å². The van der Waals surface area contributed by atoms with Crippen LogP contribution in [0.25, 0.3) is 10.9 Å². The number of fused-ring (bicyclic) bond motifs is 1. The Labute approximate surface area is 115 Å². The molecule has 2 aromatic rings. The van der Waals surface area contributed by atoms with Gasteiger partial charge in [0.15, 0.2) is 0 Å². The molecule has 1 aromatic carbocycles. The predicted octanol–water partition coefficient (Wildman–Crippen LogP) is 1.79. The summed E-state index contributed by atoms with van der Waals surface area (Å²) >= 11 is 3.29. The number of nitrogens with one attached hydrogen (secondary N) is 1. The standard InChI is InChI=1S/C11H10BrN3O4/c12-6-1-2-8(15(18)19)9-5(4-14-10(6)9)3-7(13)11(16)17/h1-2,4,7,14H,3,13H2,(H,16,17). The summed E-state index contributed by atoms with van der Waals surface area (Å²) in [6.07, 6.45) is 1.57. The van der Waals surface area contributed by atoms with Crippen LogP contribution in [0.2, 0.25) is 0 Å². The lowest BCUT2D eigenvalue weighted by atomic mass is 10.0. The number of non-ortho nitro benzene ring substituents is 1. The largest absolute Gasteiger partial charge is 0.480 e. The molecule has 100 valence electrons. The van der Waals surface area contributed by atoms with E-state index >= 15 is 0 Å². The molecule has 0 aliphatic rings. The average Bonchev–Trinajstić information content (AvgIpc) is 2.74. The molecule has 1 aromatic heterocycles. The molecule has 0 aliphatic heterocycles. The van der Waals surface area contributed by atoms with Crippen LogP contribution in [-0.2, 0) is 11.2 Å². The van der Waals surface area contributed by atoms with Crippen LogP contribution in [0.1, 0.15) is 5.56 Å². The first kappa shape index (κ1) is 13.5. The van der Waals surface area contributed by atoms with E-state index in [1.807, 2.05) is 0 Å². The van der Waals surface area contributed by atoms with Crippen LogP contribution in [0.3, 0.4) is 0 Å². The lowest BCUT2D eigenvalue weighted by molar-refractivity contribution is -0.383. The van der Waals surface area contributed by atoms with Crippen molar-refractivity contribution in [2.75, 3.05) is 0 Å². The minimum Gasteiger partial charge on any atom is -0.480 e. The summed E-state index contributed by atoms with van der Waals surface area (Å²) < 4.78 is 0.670. The highest BCUT2D eigenvalue weighted by molar-refractivity contribution is 9.10. The van der Waals surface area contributed by atoms with Crippen molar-refractivity contribution in [1.29, 1.82) is 0 Å². The topological polar surface area (TPSA) is 122 Å². The van der Waals surface area contributed by atoms with Crippen molar-refractivity contribution in [2.45, 2.75) is 12.5 Å². The van der Waals surface area contributed by atoms with Crippen molar-refractivity contribution in [3.05, 3.63) is 38.5 Å². The fourth-order valence-corrected chi connectivity index (χ4v) is 2.35. The van der Waals surface area contributed by atoms with E-state index in [-0.39, 0.29) is 12.1 Å². The molecular weight excluding hydrogens is 318 g/mol. The number of nitro benzene ring substituents is 1. The number of hydrogen-bond acceptors (Lipinski definition) is 4. The fraction of sp³-hybridized carbons (Fsp3) is 0.182. The number of nitrogens with two attached hydrogens (primary N) is 1. The Morgan fingerprint density at radius 2 is 2.26 bits per heavy atom. The minimum atomic E-state index is -1.15. The second kappa shape index (κ2) is 4.98. The van der Waals surface area contributed by atoms with Gasteiger partial charge in [-0.3, -0.25) is 14.9 Å². The van der Waals surface area contributed by atoms with E-state index in [0.717, 1.165) is 0 Å². The number of nitro groups is 1. The van der Waals surface area contributed by atoms with Crippen molar-refractivity contribution in [2.24, 2.45) is 5.73 Å². The van der Waals surface area contributed by atoms with Gasteiger partial charge in [-0.15, -0.1) is 0 Å². The number of carboxylic acid groups (broad SMARTS) is 1. The second-order valence-corrected chi connectivity index (χ2v) is 4.89. The van der Waals surface area contributed by atoms with Gasteiger partial charge in [0, 0.05) is 23.2 Å². The SMILES string of the molecule is NC(Cc1c[nH]c2c(Br)ccc([N+](=O)[O-])c12)C(=O)O. The van der Waals surface area contributed by atoms with E-state index in [1.54, 1.807) is 12.3 Å². The zero-order chi connectivity index (χ0) is 14.2. The van der Waals surface area contributed by atoms with Crippen molar-refractivity contribution in [1.82, 2.24) is 4.98 Å². The van der Waals surface area contributed by atoms with Crippen molar-refractivity contribution < 1.29 is 14.8 Å². The summed E-state index contributed by atoms with van der Waals surface area (Å²) in [6.45, 7) is 0. The van der Waals surface area contributed by atoms with Crippen molar-refractivity contribution >= 4 is 38.5 Å². The summed E-state index contributed by atoms with van der Waals surface area (Å²) in [5.74, 6) is -1.15. The van der Waals surface area contributed by atoms with Gasteiger partial charge in [0.05, 0.1) is 15.8 Å². The molecule has 8 heteroatoms. The van der Waals surface area contributed by atoms with Crippen LogP contribution in [0.15, 0.2) is 22.8 Å². The fourth-order valence-electron chi connectivity index (χ4n) is 1.90. The number of benzene rings is 1. The number of aromatic amines is 1. The lowest BCUT2D eigenvalue weighted by Gasteiger charge is -2.05. The van der Waals surface area contributed by atoms with E-state index in [4.69, 9.17) is 10.8 Å². The first-order valence-electron chi connectivity index (χ1n) is 5.33. The molecule has 7 nitrogen and oxygen atoms in total. The van der Waals surface area contributed by atoms with E-state index in [9.17, 15) is 14.9 Å². The lowest BCUT2D eigenvalue weighted by Crippen LogP contribution is -2.32. The third kappa shape index (κ3) is 2.45. The summed E-state index contributed by atoms with van der Waals surface area (Å²) in [6, 6.07) is 1.84. The molecule has 0 bridgehead atoms. The predicted molar refractivity (Wildman–Crippen MR) is 72.0 cm³/mol. The Morgan fingerprint density at radius 1 is 1.58 bits per heavy atom. The van der Waals surface area contributed by atoms with Crippen LogP contribution in [-0.4, -0.2) is 27.0 Å². The molecule has 0 saturated carbocycles. The van der Waals surface area contributed by atoms with Gasteiger partial charge in [-0.25, -0.2) is 0 Å². The highest BCUT2D eigenvalue weighted by Gasteiger charge is 2.22. The van der Waals surface area contributed by atoms with Crippen LogP contribution < -0.4 is 5.73 Å². The number of aliphatic carboxylic acids is 1. The second-order valence-electron chi connectivity index (χ2n) is 4.04. The molecule has 1 atom stereocenters. The molecule has 2 rings (SSSR count). The normalized spacial score (nSPS) is 12.5. The van der Waals surface area contributed by atoms with Crippen LogP contribution in [0.5, 0.6) is 0 Å². The number of carbonyl (C=O) groups is 1. The minimum absolute atomic E-state index is 0.0205. The summed E-state index contributed by atoms with van der Waals surface area (Å²) in [5, 5.41) is 20.2. The van der Waals surface area contributed by atoms with E-state index in [1.165, 1.54) is 6.07 Å². The number of H-pyrrole nitrogens is 1. The molecule has 0 fully saturated rings. The molecule has 4 N–H and O–H groups in total. The Bertz CT molecular complexity index is 667. The third-order valence-electron chi connectivity index (χ3n) is 2.80. The molecule has 0 aliphatic carbocycles. The Kier molecular flexibility index (Phi) is 3.54. The Hall–Kier alpha value is -1.93. The number of nitrogens with zero attached hydrogens (tertiary/aromatic N) is 1. The van der Waals surface area contributed by atoms with Gasteiger partial charge in [-0.1, -0.05) is 0 Å². The molecule has 0 spiro atoms. The maximum atomic E-state index is 11.0. The van der Waals surface area contributed by atoms with Crippen LogP contribution in [0.4, 0.5) is 5.69 Å². The summed E-state index contributed by atoms with van der Waals surface area (Å²) in [4.78, 5) is 24.2. The molecule has 0 radical (unpaired) electrons. The Balaban J connectivity index is 2.59. The maximum Gasteiger partial charge on any atom is 0.320 e. The Morgan fingerprint density at radius 3 is 2.84 bits per heavy atom. The molecule has 19 heavy (non-hydrogen) atoms. The van der Waals surface area contributed by atoms with Gasteiger partial charge in [0.1, 0.15) is 6.04 Å². The summed E-state index contributed by atoms with van der Waals surface area (Å²) in [5.41, 5.74) is 6.46. The molecule has 1 unspecified atom stereocenters. The van der Waals surface area contributed by atoms with Crippen molar-refractivity contribution in [3.8, 4) is 0 Å². The summed E-state index contributed by atoms with van der Waals surface area (Å²) in [7, 11) is 0. The molecule has 0 saturated heterocycles. The number of carboxylic acids is 1. The highest BCUT2D eigenvalue weighted by atomic mass is 79.9. The van der Waals surface area contributed by atoms with Gasteiger partial charge < -0.3 is 15.8 Å². The average molecular weight is 328 g/mol. The number of halogens is 1. The molecule has 0 amide bonds. The molecular formula is C11H10BrN3O4. The monoisotopic (exact) mass is 327 g/mol. The van der Waals surface area contributed by atoms with Crippen LogP contribution in [0, 0.1) is 10.1 Å². The van der Waals surface area contributed by atoms with E-state index in [2.05, 4.69) is 20.9 Å². The highest BCUT2D eigenvalue weighted by Crippen LogP contribution is 2.34. The number of rotatable bonds is 4. The van der Waals surface area contributed by atoms with Gasteiger partial charge in [-0.2, -0.15) is 0 Å². The first-order chi connectivity index (χ1) is 8.91. The quantitative estimate of drug-likeness (QED) is 0.583. The first-order valence-corrected chi connectivity index (χ1v) is 6.12. The number of hydrogen-bond donors (Lipinski definition) is 3. The smallest absolute Gasteiger partial charge is 0.320 e. The van der Waals surface area contributed by atoms with Gasteiger partial charge in [0.25, 0.3) is 5.69 Å². The maximum absolute atomic E-state index is 11.0. The van der Waals surface area contributed by atoms with E-state index in [0.29, 0.717) is 20.9 Å². The zero-order valence-electron chi connectivity index (χ0n) is 9.59. The zero-order valence-corrected chi connectivity index (χ0v) is 11.2. The van der Waals surface area contributed by atoms with Gasteiger partial charge in [0.2, 0.25) is 0 Å². The number of aromatic nitrogens is 1. The third-order valence-corrected chi connectivity index (χ3v) is 3.46. The van der Waals surface area contributed by atoms with Crippen LogP contribution >= 0.6 is 15.9 Å². The van der Waals surface area contributed by atoms with Gasteiger partial charge in [-0.05, 0) is 27.6 Å². The molecule has 1 heterocycles. The van der Waals surface area contributed by atoms with Gasteiger partial charge >= 0.3 is 5.97 Å². The van der Waals surface area contributed by atoms with Crippen molar-refractivity contribution in [3.63, 3.8) is 0 Å².